The summed E-state index contributed by atoms with van der Waals surface area (Å²) in [6.07, 6.45) is 1.33. The second kappa shape index (κ2) is 11.2. The lowest BCUT2D eigenvalue weighted by atomic mass is 10.1. The van der Waals surface area contributed by atoms with E-state index in [0.717, 1.165) is 10.8 Å². The fraction of sp³-hybridized carbons (Fsp3) is 0.0370. The van der Waals surface area contributed by atoms with Crippen molar-refractivity contribution in [3.8, 4) is 11.5 Å². The van der Waals surface area contributed by atoms with Crippen LogP contribution in [0, 0.1) is 0 Å². The molecule has 0 radical (unpaired) electrons. The van der Waals surface area contributed by atoms with E-state index in [1.807, 2.05) is 30.3 Å². The molecular formula is C27H20ClN3O5. The molecule has 0 saturated carbocycles. The van der Waals surface area contributed by atoms with Gasteiger partial charge in [-0.3, -0.25) is 9.59 Å². The van der Waals surface area contributed by atoms with Gasteiger partial charge < -0.3 is 14.8 Å². The summed E-state index contributed by atoms with van der Waals surface area (Å²) in [5.74, 6) is -1.88. The highest BCUT2D eigenvalue weighted by Crippen LogP contribution is 2.28. The molecule has 4 aromatic carbocycles. The molecule has 0 aliphatic heterocycles. The van der Waals surface area contributed by atoms with E-state index in [9.17, 15) is 14.4 Å². The number of amides is 2. The van der Waals surface area contributed by atoms with Crippen molar-refractivity contribution >= 4 is 52.1 Å². The molecule has 180 valence electrons. The smallest absolute Gasteiger partial charge is 0.343 e. The molecule has 0 heterocycles. The number of fused-ring (bicyclic) bond motifs is 1. The Morgan fingerprint density at radius 3 is 2.39 bits per heavy atom. The topological polar surface area (TPSA) is 106 Å². The van der Waals surface area contributed by atoms with Crippen molar-refractivity contribution in [2.75, 3.05) is 12.4 Å². The van der Waals surface area contributed by atoms with Gasteiger partial charge in [0.2, 0.25) is 0 Å². The van der Waals surface area contributed by atoms with E-state index in [4.69, 9.17) is 21.1 Å². The molecule has 36 heavy (non-hydrogen) atoms. The first-order valence-electron chi connectivity index (χ1n) is 10.7. The number of halogens is 1. The van der Waals surface area contributed by atoms with Crippen LogP contribution in [0.15, 0.2) is 90.0 Å². The number of hydrogen-bond donors (Lipinski definition) is 2. The zero-order valence-corrected chi connectivity index (χ0v) is 19.8. The van der Waals surface area contributed by atoms with Crippen LogP contribution in [0.5, 0.6) is 11.5 Å². The Labute approximate surface area is 211 Å². The molecule has 4 aromatic rings. The van der Waals surface area contributed by atoms with E-state index in [0.29, 0.717) is 21.8 Å². The normalized spacial score (nSPS) is 10.7. The molecule has 2 N–H and O–H groups in total. The number of carbonyl (C=O) groups is 3. The number of ether oxygens (including phenoxy) is 2. The van der Waals surface area contributed by atoms with Gasteiger partial charge in [0, 0.05) is 16.1 Å². The summed E-state index contributed by atoms with van der Waals surface area (Å²) < 4.78 is 10.7. The highest BCUT2D eigenvalue weighted by molar-refractivity contribution is 6.40. The second-order valence-electron chi connectivity index (χ2n) is 7.49. The fourth-order valence-corrected chi connectivity index (χ4v) is 3.45. The maximum atomic E-state index is 12.4. The quantitative estimate of drug-likeness (QED) is 0.130. The van der Waals surface area contributed by atoms with Gasteiger partial charge in [-0.2, -0.15) is 5.10 Å². The van der Waals surface area contributed by atoms with Crippen molar-refractivity contribution in [1.29, 1.82) is 0 Å². The van der Waals surface area contributed by atoms with Gasteiger partial charge in [0.1, 0.15) is 0 Å². The second-order valence-corrected chi connectivity index (χ2v) is 7.92. The zero-order chi connectivity index (χ0) is 25.5. The minimum absolute atomic E-state index is 0.202. The molecule has 0 aliphatic rings. The first-order valence-corrected chi connectivity index (χ1v) is 11.1. The number of rotatable bonds is 6. The van der Waals surface area contributed by atoms with Crippen LogP contribution in [0.4, 0.5) is 5.69 Å². The van der Waals surface area contributed by atoms with Gasteiger partial charge in [0.05, 0.1) is 18.9 Å². The van der Waals surface area contributed by atoms with Crippen LogP contribution in [0.25, 0.3) is 10.8 Å². The number of benzene rings is 4. The number of hydrogen-bond acceptors (Lipinski definition) is 6. The van der Waals surface area contributed by atoms with E-state index in [1.54, 1.807) is 48.5 Å². The van der Waals surface area contributed by atoms with Gasteiger partial charge >= 0.3 is 17.8 Å². The number of nitrogens with one attached hydrogen (secondary N) is 2. The van der Waals surface area contributed by atoms with Gasteiger partial charge in [-0.05, 0) is 59.5 Å². The highest BCUT2D eigenvalue weighted by Gasteiger charge is 2.15. The Balaban J connectivity index is 1.38. The largest absolute Gasteiger partial charge is 0.493 e. The molecule has 0 unspecified atom stereocenters. The third-order valence-corrected chi connectivity index (χ3v) is 5.35. The van der Waals surface area contributed by atoms with Crippen molar-refractivity contribution in [3.05, 3.63) is 101 Å². The lowest BCUT2D eigenvalue weighted by Gasteiger charge is -2.10. The maximum Gasteiger partial charge on any atom is 0.343 e. The van der Waals surface area contributed by atoms with Crippen LogP contribution in [0.2, 0.25) is 5.02 Å². The van der Waals surface area contributed by atoms with Crippen LogP contribution < -0.4 is 20.2 Å². The number of esters is 1. The predicted molar refractivity (Wildman–Crippen MR) is 138 cm³/mol. The van der Waals surface area contributed by atoms with E-state index in [1.165, 1.54) is 19.4 Å². The van der Waals surface area contributed by atoms with E-state index >= 15 is 0 Å². The summed E-state index contributed by atoms with van der Waals surface area (Å²) >= 11 is 5.84. The molecule has 0 saturated heterocycles. The number of hydrazone groups is 1. The first kappa shape index (κ1) is 24.4. The molecule has 2 amide bonds. The molecule has 4 rings (SSSR count). The number of methoxy groups -OCH3 is 1. The minimum Gasteiger partial charge on any atom is -0.493 e. The van der Waals surface area contributed by atoms with Gasteiger partial charge in [0.25, 0.3) is 0 Å². The minimum atomic E-state index is -0.931. The lowest BCUT2D eigenvalue weighted by Crippen LogP contribution is -2.32. The zero-order valence-electron chi connectivity index (χ0n) is 19.0. The highest BCUT2D eigenvalue weighted by atomic mass is 35.5. The van der Waals surface area contributed by atoms with Crippen molar-refractivity contribution in [2.45, 2.75) is 0 Å². The molecule has 8 nitrogen and oxygen atoms in total. The summed E-state index contributed by atoms with van der Waals surface area (Å²) in [6.45, 7) is 0. The lowest BCUT2D eigenvalue weighted by molar-refractivity contribution is -0.136. The summed E-state index contributed by atoms with van der Waals surface area (Å²) in [6, 6.07) is 23.9. The van der Waals surface area contributed by atoms with Crippen LogP contribution in [-0.2, 0) is 9.59 Å². The van der Waals surface area contributed by atoms with Crippen molar-refractivity contribution < 1.29 is 23.9 Å². The standard InChI is InChI=1S/C27H20ClN3O5/c1-35-24-15-17(9-14-23(24)36-27(34)19-10-12-20(28)13-11-19)16-29-31-26(33)25(32)30-22-8-4-6-18-5-2-3-7-21(18)22/h2-16H,1H3,(H,30,32)(H,31,33)/b29-16-. The van der Waals surface area contributed by atoms with Crippen LogP contribution in [0.3, 0.4) is 0 Å². The summed E-state index contributed by atoms with van der Waals surface area (Å²) in [4.78, 5) is 36.9. The van der Waals surface area contributed by atoms with E-state index < -0.39 is 17.8 Å². The number of nitrogens with zero attached hydrogens (tertiary/aromatic N) is 1. The van der Waals surface area contributed by atoms with Crippen molar-refractivity contribution in [1.82, 2.24) is 5.43 Å². The van der Waals surface area contributed by atoms with Crippen LogP contribution in [-0.4, -0.2) is 31.1 Å². The summed E-state index contributed by atoms with van der Waals surface area (Å²) in [5, 5.41) is 8.67. The molecule has 0 spiro atoms. The average molecular weight is 502 g/mol. The molecule has 0 aromatic heterocycles. The van der Waals surface area contributed by atoms with Gasteiger partial charge in [-0.25, -0.2) is 10.2 Å². The SMILES string of the molecule is COc1cc(/C=N\NC(=O)C(=O)Nc2cccc3ccccc23)ccc1OC(=O)c1ccc(Cl)cc1. The predicted octanol–water partition coefficient (Wildman–Crippen LogP) is 4.81. The monoisotopic (exact) mass is 501 g/mol. The van der Waals surface area contributed by atoms with Gasteiger partial charge in [-0.1, -0.05) is 48.0 Å². The average Bonchev–Trinajstić information content (AvgIpc) is 2.89. The number of anilines is 1. The summed E-state index contributed by atoms with van der Waals surface area (Å²) in [5.41, 5.74) is 3.58. The van der Waals surface area contributed by atoms with Crippen molar-refractivity contribution in [3.63, 3.8) is 0 Å². The third kappa shape index (κ3) is 5.86. The number of carbonyl (C=O) groups excluding carboxylic acids is 3. The van der Waals surface area contributed by atoms with Crippen LogP contribution >= 0.6 is 11.6 Å². The van der Waals surface area contributed by atoms with Crippen molar-refractivity contribution in [2.24, 2.45) is 5.10 Å². The summed E-state index contributed by atoms with van der Waals surface area (Å²) in [7, 11) is 1.43. The molecule has 9 heteroatoms. The van der Waals surface area contributed by atoms with Gasteiger partial charge in [-0.15, -0.1) is 0 Å². The Morgan fingerprint density at radius 2 is 1.61 bits per heavy atom. The Hall–Kier alpha value is -4.69. The molecule has 0 atom stereocenters. The Morgan fingerprint density at radius 1 is 0.861 bits per heavy atom. The Kier molecular flexibility index (Phi) is 7.57. The maximum absolute atomic E-state index is 12.4. The fourth-order valence-electron chi connectivity index (χ4n) is 3.32. The van der Waals surface area contributed by atoms with E-state index in [2.05, 4.69) is 15.8 Å². The first-order chi connectivity index (χ1) is 17.4. The Bertz CT molecular complexity index is 1460. The molecular weight excluding hydrogens is 482 g/mol. The third-order valence-electron chi connectivity index (χ3n) is 5.09. The molecule has 0 fully saturated rings. The molecule has 0 aliphatic carbocycles. The van der Waals surface area contributed by atoms with Crippen LogP contribution in [0.1, 0.15) is 15.9 Å². The van der Waals surface area contributed by atoms with Gasteiger partial charge in [0.15, 0.2) is 11.5 Å². The molecule has 0 bridgehead atoms. The van der Waals surface area contributed by atoms with E-state index in [-0.39, 0.29) is 11.5 Å².